The third-order valence-electron chi connectivity index (χ3n) is 7.57. The zero-order chi connectivity index (χ0) is 18.2. The normalized spacial score (nSPS) is 50.7. The smallest absolute Gasteiger partial charge is 0.336 e. The van der Waals surface area contributed by atoms with Crippen molar-refractivity contribution >= 4 is 11.8 Å². The molecule has 0 aliphatic heterocycles. The number of carboxylic acids is 1. The van der Waals surface area contributed by atoms with Crippen molar-refractivity contribution in [2.75, 3.05) is 0 Å². The molecule has 0 unspecified atom stereocenters. The van der Waals surface area contributed by atoms with E-state index >= 15 is 0 Å². The van der Waals surface area contributed by atoms with E-state index in [1.807, 2.05) is 25.2 Å². The zero-order valence-corrected chi connectivity index (χ0v) is 14.5. The summed E-state index contributed by atoms with van der Waals surface area (Å²) in [5, 5.41) is 31.5. The van der Waals surface area contributed by atoms with Gasteiger partial charge in [-0.25, -0.2) is 4.79 Å². The first-order valence-electron chi connectivity index (χ1n) is 8.91. The number of hydrogen-bond donors (Lipinski definition) is 3. The Bertz CT molecular complexity index is 749. The maximum atomic E-state index is 11.8. The van der Waals surface area contributed by atoms with Gasteiger partial charge in [0.25, 0.3) is 0 Å². The summed E-state index contributed by atoms with van der Waals surface area (Å²) in [6.45, 7) is 3.84. The fourth-order valence-electron chi connectivity index (χ4n) is 6.14. The Hall–Kier alpha value is -1.72. The van der Waals surface area contributed by atoms with Gasteiger partial charge in [0.15, 0.2) is 11.4 Å². The van der Waals surface area contributed by atoms with Crippen molar-refractivity contribution in [3.8, 4) is 0 Å². The van der Waals surface area contributed by atoms with Crippen molar-refractivity contribution < 1.29 is 24.9 Å². The Labute approximate surface area is 146 Å². The second-order valence-corrected chi connectivity index (χ2v) is 8.58. The summed E-state index contributed by atoms with van der Waals surface area (Å²) in [5.74, 6) is -1.41. The topological polar surface area (TPSA) is 94.8 Å². The number of carboxylic acid groups (broad SMARTS) is 1. The summed E-state index contributed by atoms with van der Waals surface area (Å²) in [5.41, 5.74) is -2.21. The molecular formula is C20H24O5. The molecule has 2 saturated carbocycles. The minimum absolute atomic E-state index is 0.0114. The standard InChI is InChI=1S/C20H24O5/c1-18-7-5-12(21)9-11(18)3-4-13-14-6-8-20(25,17(23)24)19(14,2)10-15(22)16(13)18/h3-5,7,9,13-16,22,25H,6,8,10H2,1-2H3,(H,23,24)/t13-,14-,15-,16+,18-,19-,20-/m0/s1. The molecule has 0 amide bonds. The lowest BCUT2D eigenvalue weighted by atomic mass is 9.48. The number of rotatable bonds is 1. The number of allylic oxidation sites excluding steroid dienone is 6. The third-order valence-corrected chi connectivity index (χ3v) is 7.57. The Morgan fingerprint density at radius 2 is 2.00 bits per heavy atom. The van der Waals surface area contributed by atoms with Crippen LogP contribution in [0.25, 0.3) is 0 Å². The molecule has 134 valence electrons. The van der Waals surface area contributed by atoms with Gasteiger partial charge < -0.3 is 15.3 Å². The van der Waals surface area contributed by atoms with Crippen molar-refractivity contribution in [3.63, 3.8) is 0 Å². The van der Waals surface area contributed by atoms with E-state index in [1.165, 1.54) is 0 Å². The van der Waals surface area contributed by atoms with Crippen molar-refractivity contribution in [1.29, 1.82) is 0 Å². The highest BCUT2D eigenvalue weighted by Crippen LogP contribution is 2.65. The Kier molecular flexibility index (Phi) is 3.29. The molecule has 3 N–H and O–H groups in total. The van der Waals surface area contributed by atoms with Crippen LogP contribution in [0.2, 0.25) is 0 Å². The van der Waals surface area contributed by atoms with E-state index in [-0.39, 0.29) is 36.4 Å². The van der Waals surface area contributed by atoms with Gasteiger partial charge in [0.1, 0.15) is 0 Å². The summed E-state index contributed by atoms with van der Waals surface area (Å²) in [6.07, 6.45) is 9.36. The number of carbonyl (C=O) groups is 2. The summed E-state index contributed by atoms with van der Waals surface area (Å²) in [7, 11) is 0. The number of hydrogen-bond acceptors (Lipinski definition) is 4. The van der Waals surface area contributed by atoms with Crippen LogP contribution in [0.1, 0.15) is 33.1 Å². The monoisotopic (exact) mass is 344 g/mol. The van der Waals surface area contributed by atoms with Gasteiger partial charge in [-0.15, -0.1) is 0 Å². The van der Waals surface area contributed by atoms with Gasteiger partial charge in [-0.3, -0.25) is 4.79 Å². The molecule has 4 aliphatic carbocycles. The molecule has 25 heavy (non-hydrogen) atoms. The van der Waals surface area contributed by atoms with E-state index in [9.17, 15) is 24.9 Å². The molecule has 4 aliphatic rings. The minimum atomic E-state index is -1.80. The first-order chi connectivity index (χ1) is 11.6. The van der Waals surface area contributed by atoms with Crippen molar-refractivity contribution in [2.24, 2.45) is 28.6 Å². The lowest BCUT2D eigenvalue weighted by Gasteiger charge is -2.57. The summed E-state index contributed by atoms with van der Waals surface area (Å²) < 4.78 is 0. The molecule has 0 aromatic carbocycles. The first kappa shape index (κ1) is 16.7. The van der Waals surface area contributed by atoms with Crippen molar-refractivity contribution in [1.82, 2.24) is 0 Å². The van der Waals surface area contributed by atoms with Crippen LogP contribution in [0.15, 0.2) is 36.0 Å². The van der Waals surface area contributed by atoms with E-state index in [4.69, 9.17) is 0 Å². The highest BCUT2D eigenvalue weighted by Gasteiger charge is 2.68. The highest BCUT2D eigenvalue weighted by molar-refractivity contribution is 6.01. The number of ketones is 1. The van der Waals surface area contributed by atoms with E-state index in [0.717, 1.165) is 5.57 Å². The minimum Gasteiger partial charge on any atom is -0.479 e. The molecule has 0 bridgehead atoms. The van der Waals surface area contributed by atoms with E-state index in [0.29, 0.717) is 6.42 Å². The van der Waals surface area contributed by atoms with Crippen LogP contribution in [0.4, 0.5) is 0 Å². The van der Waals surface area contributed by atoms with Crippen LogP contribution in [-0.4, -0.2) is 38.8 Å². The van der Waals surface area contributed by atoms with Gasteiger partial charge >= 0.3 is 5.97 Å². The Morgan fingerprint density at radius 3 is 2.68 bits per heavy atom. The number of aliphatic carboxylic acids is 1. The average Bonchev–Trinajstić information content (AvgIpc) is 2.80. The van der Waals surface area contributed by atoms with Gasteiger partial charge in [-0.05, 0) is 48.8 Å². The molecule has 4 rings (SSSR count). The molecule has 0 radical (unpaired) electrons. The fourth-order valence-corrected chi connectivity index (χ4v) is 6.14. The van der Waals surface area contributed by atoms with Gasteiger partial charge in [0.05, 0.1) is 6.10 Å². The molecule has 5 heteroatoms. The van der Waals surface area contributed by atoms with E-state index in [1.54, 1.807) is 19.1 Å². The van der Waals surface area contributed by atoms with Crippen LogP contribution in [0.5, 0.6) is 0 Å². The van der Waals surface area contributed by atoms with Crippen LogP contribution < -0.4 is 0 Å². The second-order valence-electron chi connectivity index (χ2n) is 8.58. The summed E-state index contributed by atoms with van der Waals surface area (Å²) >= 11 is 0. The zero-order valence-electron chi connectivity index (χ0n) is 14.5. The lowest BCUT2D eigenvalue weighted by molar-refractivity contribution is -0.187. The van der Waals surface area contributed by atoms with Gasteiger partial charge in [-0.1, -0.05) is 32.1 Å². The molecule has 5 nitrogen and oxygen atoms in total. The summed E-state index contributed by atoms with van der Waals surface area (Å²) in [4.78, 5) is 23.5. The van der Waals surface area contributed by atoms with E-state index < -0.39 is 28.5 Å². The molecule has 7 atom stereocenters. The SMILES string of the molecule is C[C@]12C=CC(=O)C=C1C=C[C@@H]1[C@@H]2[C@@H](O)C[C@@]2(C)[C@H]1CC[C@]2(O)C(=O)O. The maximum Gasteiger partial charge on any atom is 0.336 e. The third kappa shape index (κ3) is 1.91. The van der Waals surface area contributed by atoms with Crippen LogP contribution >= 0.6 is 0 Å². The van der Waals surface area contributed by atoms with Crippen LogP contribution in [-0.2, 0) is 9.59 Å². The number of carbonyl (C=O) groups excluding carboxylic acids is 1. The van der Waals surface area contributed by atoms with Gasteiger partial charge in [0, 0.05) is 16.7 Å². The molecule has 2 fully saturated rings. The molecule has 0 spiro atoms. The predicted molar refractivity (Wildman–Crippen MR) is 90.5 cm³/mol. The number of aliphatic hydroxyl groups excluding tert-OH is 1. The maximum absolute atomic E-state index is 11.8. The highest BCUT2D eigenvalue weighted by atomic mass is 16.4. The molecule has 0 saturated heterocycles. The Morgan fingerprint density at radius 1 is 1.28 bits per heavy atom. The van der Waals surface area contributed by atoms with Crippen molar-refractivity contribution in [2.45, 2.75) is 44.8 Å². The number of aliphatic hydroxyl groups is 2. The molecule has 0 aromatic rings. The molecule has 0 aromatic heterocycles. The van der Waals surface area contributed by atoms with Crippen LogP contribution in [0.3, 0.4) is 0 Å². The second kappa shape index (κ2) is 4.92. The molecule has 0 heterocycles. The van der Waals surface area contributed by atoms with Crippen molar-refractivity contribution in [3.05, 3.63) is 36.0 Å². The Balaban J connectivity index is 1.82. The summed E-state index contributed by atoms with van der Waals surface area (Å²) in [6, 6.07) is 0. The lowest BCUT2D eigenvalue weighted by Crippen LogP contribution is -2.60. The quantitative estimate of drug-likeness (QED) is 0.675. The van der Waals surface area contributed by atoms with Gasteiger partial charge in [0.2, 0.25) is 0 Å². The number of fused-ring (bicyclic) bond motifs is 5. The van der Waals surface area contributed by atoms with E-state index in [2.05, 4.69) is 0 Å². The van der Waals surface area contributed by atoms with Crippen LogP contribution in [0, 0.1) is 28.6 Å². The first-order valence-corrected chi connectivity index (χ1v) is 8.91. The molecular weight excluding hydrogens is 320 g/mol. The predicted octanol–water partition coefficient (Wildman–Crippen LogP) is 1.86. The largest absolute Gasteiger partial charge is 0.479 e. The van der Waals surface area contributed by atoms with Gasteiger partial charge in [-0.2, -0.15) is 0 Å². The fraction of sp³-hybridized carbons (Fsp3) is 0.600. The average molecular weight is 344 g/mol.